The minimum absolute atomic E-state index is 0.124. The Hall–Kier alpha value is -2.54. The lowest BCUT2D eigenvalue weighted by atomic mass is 10.2. The van der Waals surface area contributed by atoms with E-state index in [0.29, 0.717) is 12.2 Å². The predicted molar refractivity (Wildman–Crippen MR) is 97.7 cm³/mol. The molecule has 0 atom stereocenters. The fourth-order valence-electron chi connectivity index (χ4n) is 3.58. The van der Waals surface area contributed by atoms with Crippen LogP contribution >= 0.6 is 0 Å². The molecule has 1 aliphatic heterocycles. The molecule has 1 aromatic carbocycles. The van der Waals surface area contributed by atoms with Gasteiger partial charge in [-0.05, 0) is 49.1 Å². The fourth-order valence-corrected chi connectivity index (χ4v) is 3.58. The van der Waals surface area contributed by atoms with Gasteiger partial charge in [-0.3, -0.25) is 9.69 Å². The van der Waals surface area contributed by atoms with Gasteiger partial charge in [0.1, 0.15) is 5.82 Å². The molecule has 0 saturated carbocycles. The van der Waals surface area contributed by atoms with Gasteiger partial charge in [-0.15, -0.1) is 5.10 Å². The van der Waals surface area contributed by atoms with E-state index >= 15 is 0 Å². The minimum atomic E-state index is -0.355. The van der Waals surface area contributed by atoms with Gasteiger partial charge in [-0.1, -0.05) is 6.07 Å². The van der Waals surface area contributed by atoms with Crippen molar-refractivity contribution >= 4 is 17.4 Å². The highest BCUT2D eigenvalue weighted by Gasteiger charge is 2.22. The van der Waals surface area contributed by atoms with Crippen molar-refractivity contribution in [2.45, 2.75) is 19.3 Å². The Morgan fingerprint density at radius 2 is 1.96 bits per heavy atom. The van der Waals surface area contributed by atoms with Crippen LogP contribution in [0.1, 0.15) is 17.7 Å². The first-order valence-corrected chi connectivity index (χ1v) is 9.05. The highest BCUT2D eigenvalue weighted by atomic mass is 19.1. The van der Waals surface area contributed by atoms with Crippen molar-refractivity contribution in [1.29, 1.82) is 0 Å². The number of anilines is 2. The Morgan fingerprint density at radius 1 is 1.12 bits per heavy atom. The maximum Gasteiger partial charge on any atom is 0.238 e. The molecule has 0 radical (unpaired) electrons. The molecule has 136 valence electrons. The molecule has 1 fully saturated rings. The quantitative estimate of drug-likeness (QED) is 0.907. The lowest BCUT2D eigenvalue weighted by Gasteiger charge is -2.34. The summed E-state index contributed by atoms with van der Waals surface area (Å²) in [5.74, 6) is 0.461. The van der Waals surface area contributed by atoms with Gasteiger partial charge < -0.3 is 10.2 Å². The van der Waals surface area contributed by atoms with E-state index in [1.165, 1.54) is 24.1 Å². The normalized spacial score (nSPS) is 17.2. The van der Waals surface area contributed by atoms with Gasteiger partial charge in [-0.25, -0.2) is 4.39 Å². The van der Waals surface area contributed by atoms with Gasteiger partial charge in [0.25, 0.3) is 0 Å². The zero-order valence-electron chi connectivity index (χ0n) is 14.6. The largest absolute Gasteiger partial charge is 0.353 e. The SMILES string of the molecule is O=C(CN1CCN(c2cc3c(nn2)CCC3)CC1)Nc1cccc(F)c1. The molecule has 2 heterocycles. The smallest absolute Gasteiger partial charge is 0.238 e. The molecule has 4 rings (SSSR count). The molecule has 26 heavy (non-hydrogen) atoms. The van der Waals surface area contributed by atoms with Crippen LogP contribution in [0.3, 0.4) is 0 Å². The lowest BCUT2D eigenvalue weighted by molar-refractivity contribution is -0.117. The van der Waals surface area contributed by atoms with Gasteiger partial charge in [0.15, 0.2) is 5.82 Å². The average molecular weight is 355 g/mol. The van der Waals surface area contributed by atoms with E-state index < -0.39 is 0 Å². The number of hydrogen-bond donors (Lipinski definition) is 1. The number of nitrogens with zero attached hydrogens (tertiary/aromatic N) is 4. The Balaban J connectivity index is 1.29. The van der Waals surface area contributed by atoms with Gasteiger partial charge in [0.05, 0.1) is 12.2 Å². The highest BCUT2D eigenvalue weighted by Crippen LogP contribution is 2.23. The minimum Gasteiger partial charge on any atom is -0.353 e. The summed E-state index contributed by atoms with van der Waals surface area (Å²) >= 11 is 0. The number of benzene rings is 1. The third-order valence-electron chi connectivity index (χ3n) is 4.98. The number of amides is 1. The van der Waals surface area contributed by atoms with Gasteiger partial charge in [-0.2, -0.15) is 5.10 Å². The summed E-state index contributed by atoms with van der Waals surface area (Å²) < 4.78 is 13.2. The molecule has 2 aromatic rings. The maximum atomic E-state index is 13.2. The van der Waals surface area contributed by atoms with E-state index in [1.54, 1.807) is 12.1 Å². The van der Waals surface area contributed by atoms with E-state index in [-0.39, 0.29) is 11.7 Å². The van der Waals surface area contributed by atoms with Gasteiger partial charge in [0.2, 0.25) is 5.91 Å². The van der Waals surface area contributed by atoms with Crippen LogP contribution in [0.5, 0.6) is 0 Å². The number of aryl methyl sites for hydroxylation is 2. The second-order valence-corrected chi connectivity index (χ2v) is 6.85. The second-order valence-electron chi connectivity index (χ2n) is 6.85. The summed E-state index contributed by atoms with van der Waals surface area (Å²) in [5, 5.41) is 11.5. The van der Waals surface area contributed by atoms with Crippen molar-refractivity contribution < 1.29 is 9.18 Å². The van der Waals surface area contributed by atoms with Crippen molar-refractivity contribution in [1.82, 2.24) is 15.1 Å². The van der Waals surface area contributed by atoms with E-state index in [1.807, 2.05) is 0 Å². The number of carbonyl (C=O) groups excluding carboxylic acids is 1. The molecule has 0 spiro atoms. The lowest BCUT2D eigenvalue weighted by Crippen LogP contribution is -2.49. The summed E-state index contributed by atoms with van der Waals surface area (Å²) in [7, 11) is 0. The summed E-state index contributed by atoms with van der Waals surface area (Å²) in [6.07, 6.45) is 3.30. The Labute approximate surface area is 152 Å². The van der Waals surface area contributed by atoms with E-state index in [4.69, 9.17) is 0 Å². The number of fused-ring (bicyclic) bond motifs is 1. The van der Waals surface area contributed by atoms with Crippen LogP contribution in [-0.2, 0) is 17.6 Å². The molecule has 1 aliphatic carbocycles. The third-order valence-corrected chi connectivity index (χ3v) is 4.98. The summed E-state index contributed by atoms with van der Waals surface area (Å²) in [6, 6.07) is 8.12. The first kappa shape index (κ1) is 16.9. The van der Waals surface area contributed by atoms with E-state index in [9.17, 15) is 9.18 Å². The number of aromatic nitrogens is 2. The molecule has 0 unspecified atom stereocenters. The van der Waals surface area contributed by atoms with E-state index in [2.05, 4.69) is 31.4 Å². The molecule has 0 bridgehead atoms. The van der Waals surface area contributed by atoms with Crippen LogP contribution in [-0.4, -0.2) is 53.7 Å². The molecule has 6 nitrogen and oxygen atoms in total. The van der Waals surface area contributed by atoms with Gasteiger partial charge in [0, 0.05) is 31.9 Å². The van der Waals surface area contributed by atoms with Crippen molar-refractivity contribution in [2.24, 2.45) is 0 Å². The molecule has 1 amide bonds. The van der Waals surface area contributed by atoms with Crippen molar-refractivity contribution in [2.75, 3.05) is 42.9 Å². The predicted octanol–water partition coefficient (Wildman–Crippen LogP) is 1.87. The van der Waals surface area contributed by atoms with Crippen molar-refractivity contribution in [3.05, 3.63) is 47.4 Å². The molecular formula is C19H22FN5O. The van der Waals surface area contributed by atoms with Gasteiger partial charge >= 0.3 is 0 Å². The summed E-state index contributed by atoms with van der Waals surface area (Å²) in [6.45, 7) is 3.52. The Morgan fingerprint density at radius 3 is 2.77 bits per heavy atom. The molecular weight excluding hydrogens is 333 g/mol. The van der Waals surface area contributed by atoms with Crippen molar-refractivity contribution in [3.8, 4) is 0 Å². The Kier molecular flexibility index (Phi) is 4.79. The molecule has 1 N–H and O–H groups in total. The highest BCUT2D eigenvalue weighted by molar-refractivity contribution is 5.92. The van der Waals surface area contributed by atoms with Crippen molar-refractivity contribution in [3.63, 3.8) is 0 Å². The van der Waals surface area contributed by atoms with Crippen LogP contribution in [0, 0.1) is 5.82 Å². The molecule has 1 aromatic heterocycles. The number of halogens is 1. The molecule has 7 heteroatoms. The van der Waals surface area contributed by atoms with Crippen LogP contribution in [0.25, 0.3) is 0 Å². The van der Waals surface area contributed by atoms with Crippen LogP contribution in [0.4, 0.5) is 15.9 Å². The average Bonchev–Trinajstić information content (AvgIpc) is 3.10. The van der Waals surface area contributed by atoms with Crippen LogP contribution in [0.2, 0.25) is 0 Å². The first-order valence-electron chi connectivity index (χ1n) is 9.05. The number of carbonyl (C=O) groups is 1. The zero-order chi connectivity index (χ0) is 17.9. The number of piperazine rings is 1. The molecule has 1 saturated heterocycles. The first-order chi connectivity index (χ1) is 12.7. The van der Waals surface area contributed by atoms with Crippen LogP contribution in [0.15, 0.2) is 30.3 Å². The maximum absolute atomic E-state index is 13.2. The summed E-state index contributed by atoms with van der Waals surface area (Å²) in [4.78, 5) is 16.5. The molecule has 2 aliphatic rings. The standard InChI is InChI=1S/C19H22FN5O/c20-15-4-2-5-16(12-15)21-19(26)13-24-7-9-25(10-8-24)18-11-14-3-1-6-17(14)22-23-18/h2,4-5,11-12H,1,3,6-10,13H2,(H,21,26). The fraction of sp³-hybridized carbons (Fsp3) is 0.421. The van der Waals surface area contributed by atoms with E-state index in [0.717, 1.165) is 50.5 Å². The third kappa shape index (κ3) is 3.83. The monoisotopic (exact) mass is 355 g/mol. The zero-order valence-corrected chi connectivity index (χ0v) is 14.6. The topological polar surface area (TPSA) is 61.4 Å². The van der Waals surface area contributed by atoms with Crippen LogP contribution < -0.4 is 10.2 Å². The number of rotatable bonds is 4. The summed E-state index contributed by atoms with van der Waals surface area (Å²) in [5.41, 5.74) is 2.95. The second kappa shape index (κ2) is 7.37. The number of nitrogens with one attached hydrogen (secondary N) is 1. The Bertz CT molecular complexity index is 804. The number of hydrogen-bond acceptors (Lipinski definition) is 5.